The fourth-order valence-corrected chi connectivity index (χ4v) is 3.99. The Balaban J connectivity index is 1.94. The lowest BCUT2D eigenvalue weighted by Crippen LogP contribution is -2.56. The van der Waals surface area contributed by atoms with Crippen molar-refractivity contribution in [1.82, 2.24) is 19.9 Å². The standard InChI is InChI=1S/C17H18BrN4O2/c1-23-14-3-2-13-16(15(14)18)24-21-17(13)22(10-8-20-9-11-22)12-4-6-19-7-5-12/h2-7,20H,8-11H2,1H3/q+1. The summed E-state index contributed by atoms with van der Waals surface area (Å²) in [5.41, 5.74) is 1.89. The third-order valence-electron chi connectivity index (χ3n) is 4.65. The lowest BCUT2D eigenvalue weighted by atomic mass is 10.1. The van der Waals surface area contributed by atoms with Gasteiger partial charge in [-0.15, -0.1) is 0 Å². The zero-order chi connectivity index (χ0) is 16.6. The molecular weight excluding hydrogens is 372 g/mol. The molecule has 1 aliphatic heterocycles. The third kappa shape index (κ3) is 2.31. The molecule has 4 rings (SSSR count). The summed E-state index contributed by atoms with van der Waals surface area (Å²) < 4.78 is 12.5. The molecule has 0 unspecified atom stereocenters. The van der Waals surface area contributed by atoms with Crippen LogP contribution in [0.4, 0.5) is 11.5 Å². The summed E-state index contributed by atoms with van der Waals surface area (Å²) in [6.45, 7) is 3.67. The predicted octanol–water partition coefficient (Wildman–Crippen LogP) is 3.24. The summed E-state index contributed by atoms with van der Waals surface area (Å²) in [6, 6.07) is 8.08. The van der Waals surface area contributed by atoms with Crippen LogP contribution in [-0.4, -0.2) is 43.4 Å². The van der Waals surface area contributed by atoms with Crippen LogP contribution in [0.15, 0.2) is 45.7 Å². The van der Waals surface area contributed by atoms with Crippen LogP contribution < -0.4 is 14.5 Å². The maximum absolute atomic E-state index is 5.69. The van der Waals surface area contributed by atoms with Gasteiger partial charge in [0.2, 0.25) is 0 Å². The van der Waals surface area contributed by atoms with Crippen molar-refractivity contribution in [1.29, 1.82) is 0 Å². The van der Waals surface area contributed by atoms with Crippen molar-refractivity contribution in [2.75, 3.05) is 33.3 Å². The fraction of sp³-hybridized carbons (Fsp3) is 0.294. The first-order chi connectivity index (χ1) is 11.8. The van der Waals surface area contributed by atoms with Gasteiger partial charge in [0, 0.05) is 37.6 Å². The van der Waals surface area contributed by atoms with Gasteiger partial charge in [0.1, 0.15) is 34.4 Å². The van der Waals surface area contributed by atoms with E-state index in [1.165, 1.54) is 5.69 Å². The van der Waals surface area contributed by atoms with Crippen molar-refractivity contribution >= 4 is 38.4 Å². The van der Waals surface area contributed by atoms with Crippen LogP contribution >= 0.6 is 15.9 Å². The summed E-state index contributed by atoms with van der Waals surface area (Å²) >= 11 is 3.57. The average Bonchev–Trinajstić information content (AvgIpc) is 3.09. The highest BCUT2D eigenvalue weighted by Crippen LogP contribution is 2.42. The molecule has 1 fully saturated rings. The first-order valence-electron chi connectivity index (χ1n) is 7.87. The molecule has 1 aliphatic rings. The molecule has 0 spiro atoms. The SMILES string of the molecule is COc1ccc2c([N+]3(c4ccncc4)CCNCC3)noc2c1Br. The van der Waals surface area contributed by atoms with Gasteiger partial charge in [0.15, 0.2) is 5.58 Å². The van der Waals surface area contributed by atoms with Gasteiger partial charge in [-0.25, -0.2) is 4.48 Å². The van der Waals surface area contributed by atoms with Crippen LogP contribution in [0.3, 0.4) is 0 Å². The molecule has 6 nitrogen and oxygen atoms in total. The molecule has 3 heterocycles. The molecule has 2 aromatic heterocycles. The Bertz CT molecular complexity index is 860. The highest BCUT2D eigenvalue weighted by atomic mass is 79.9. The average molecular weight is 390 g/mol. The summed E-state index contributed by atoms with van der Waals surface area (Å²) in [4.78, 5) is 4.16. The number of hydrogen-bond donors (Lipinski definition) is 1. The van der Waals surface area contributed by atoms with Crippen molar-refractivity contribution in [3.8, 4) is 5.75 Å². The van der Waals surface area contributed by atoms with Crippen LogP contribution in [-0.2, 0) is 0 Å². The fourth-order valence-electron chi connectivity index (χ4n) is 3.41. The van der Waals surface area contributed by atoms with Gasteiger partial charge in [-0.3, -0.25) is 4.98 Å². The number of nitrogens with one attached hydrogen (secondary N) is 1. The quantitative estimate of drug-likeness (QED) is 0.696. The van der Waals surface area contributed by atoms with Gasteiger partial charge < -0.3 is 14.6 Å². The van der Waals surface area contributed by atoms with E-state index >= 15 is 0 Å². The van der Waals surface area contributed by atoms with Crippen molar-refractivity contribution in [2.45, 2.75) is 0 Å². The number of pyridine rings is 1. The van der Waals surface area contributed by atoms with E-state index in [0.29, 0.717) is 4.48 Å². The second-order valence-corrected chi connectivity index (χ2v) is 6.63. The molecule has 1 N–H and O–H groups in total. The number of nitrogens with zero attached hydrogens (tertiary/aromatic N) is 3. The Morgan fingerprint density at radius 3 is 2.62 bits per heavy atom. The summed E-state index contributed by atoms with van der Waals surface area (Å²) in [7, 11) is 1.64. The van der Waals surface area contributed by atoms with Crippen molar-refractivity contribution in [2.24, 2.45) is 0 Å². The van der Waals surface area contributed by atoms with Crippen molar-refractivity contribution in [3.05, 3.63) is 41.1 Å². The number of quaternary nitrogens is 1. The molecule has 0 saturated carbocycles. The summed E-state index contributed by atoms with van der Waals surface area (Å²) in [5.74, 6) is 1.67. The molecule has 1 saturated heterocycles. The minimum atomic E-state index is 0.654. The number of benzene rings is 1. The third-order valence-corrected chi connectivity index (χ3v) is 5.40. The predicted molar refractivity (Wildman–Crippen MR) is 96.6 cm³/mol. The zero-order valence-corrected chi connectivity index (χ0v) is 14.9. The number of piperazine rings is 1. The van der Waals surface area contributed by atoms with Crippen LogP contribution in [0, 0.1) is 0 Å². The van der Waals surface area contributed by atoms with Crippen LogP contribution in [0.1, 0.15) is 0 Å². The molecule has 0 aliphatic carbocycles. The number of fused-ring (bicyclic) bond motifs is 1. The summed E-state index contributed by atoms with van der Waals surface area (Å²) in [5, 5.41) is 8.90. The smallest absolute Gasteiger partial charge is 0.279 e. The van der Waals surface area contributed by atoms with Gasteiger partial charge in [0.25, 0.3) is 5.82 Å². The molecular formula is C17H18BrN4O2+. The first-order valence-corrected chi connectivity index (χ1v) is 8.66. The van der Waals surface area contributed by atoms with Crippen molar-refractivity contribution in [3.63, 3.8) is 0 Å². The Morgan fingerprint density at radius 1 is 1.17 bits per heavy atom. The maximum Gasteiger partial charge on any atom is 0.279 e. The van der Waals surface area contributed by atoms with E-state index < -0.39 is 0 Å². The molecule has 7 heteroatoms. The Hall–Kier alpha value is -1.96. The number of methoxy groups -OCH3 is 1. The van der Waals surface area contributed by atoms with Gasteiger partial charge in [-0.1, -0.05) is 0 Å². The van der Waals surface area contributed by atoms with Gasteiger partial charge in [-0.2, -0.15) is 0 Å². The topological polar surface area (TPSA) is 60.2 Å². The van der Waals surface area contributed by atoms with Crippen LogP contribution in [0.2, 0.25) is 0 Å². The largest absolute Gasteiger partial charge is 0.495 e. The second-order valence-electron chi connectivity index (χ2n) is 5.84. The Labute approximate surface area is 148 Å². The second kappa shape index (κ2) is 6.16. The zero-order valence-electron chi connectivity index (χ0n) is 13.3. The molecule has 0 bridgehead atoms. The van der Waals surface area contributed by atoms with E-state index in [-0.39, 0.29) is 0 Å². The highest BCUT2D eigenvalue weighted by Gasteiger charge is 2.40. The molecule has 0 radical (unpaired) electrons. The number of rotatable bonds is 3. The first kappa shape index (κ1) is 15.6. The monoisotopic (exact) mass is 389 g/mol. The van der Waals surface area contributed by atoms with E-state index in [1.807, 2.05) is 24.5 Å². The van der Waals surface area contributed by atoms with Crippen molar-refractivity contribution < 1.29 is 9.26 Å². The maximum atomic E-state index is 5.69. The summed E-state index contributed by atoms with van der Waals surface area (Å²) in [6.07, 6.45) is 3.66. The Kier molecular flexibility index (Phi) is 3.99. The van der Waals surface area contributed by atoms with Crippen LogP contribution in [0.25, 0.3) is 11.0 Å². The number of aromatic nitrogens is 2. The van der Waals surface area contributed by atoms with Crippen LogP contribution in [0.5, 0.6) is 5.75 Å². The molecule has 124 valence electrons. The Morgan fingerprint density at radius 2 is 1.92 bits per heavy atom. The molecule has 0 atom stereocenters. The lowest BCUT2D eigenvalue weighted by molar-refractivity contribution is 0.309. The normalized spacial score (nSPS) is 17.1. The number of halogens is 1. The van der Waals surface area contributed by atoms with Gasteiger partial charge in [0.05, 0.1) is 7.11 Å². The van der Waals surface area contributed by atoms with E-state index in [2.05, 4.69) is 43.5 Å². The number of hydrogen-bond acceptors (Lipinski definition) is 5. The minimum absolute atomic E-state index is 0.654. The van der Waals surface area contributed by atoms with E-state index in [0.717, 1.165) is 53.2 Å². The van der Waals surface area contributed by atoms with E-state index in [1.54, 1.807) is 7.11 Å². The van der Waals surface area contributed by atoms with E-state index in [4.69, 9.17) is 9.26 Å². The molecule has 1 aromatic carbocycles. The number of ether oxygens (including phenoxy) is 1. The van der Waals surface area contributed by atoms with E-state index in [9.17, 15) is 0 Å². The molecule has 3 aromatic rings. The minimum Gasteiger partial charge on any atom is -0.495 e. The molecule has 0 amide bonds. The lowest BCUT2D eigenvalue weighted by Gasteiger charge is -2.38. The van der Waals surface area contributed by atoms with Gasteiger partial charge in [-0.05, 0) is 33.2 Å². The molecule has 24 heavy (non-hydrogen) atoms. The van der Waals surface area contributed by atoms with Gasteiger partial charge >= 0.3 is 0 Å². The highest BCUT2D eigenvalue weighted by molar-refractivity contribution is 9.10.